The van der Waals surface area contributed by atoms with E-state index in [1.54, 1.807) is 36.4 Å². The Balaban J connectivity index is 1.79. The number of phenols is 1. The van der Waals surface area contributed by atoms with Gasteiger partial charge >= 0.3 is 0 Å². The number of non-ortho nitro benzene ring substituents is 1. The molecule has 1 aliphatic rings. The van der Waals surface area contributed by atoms with Gasteiger partial charge in [-0.1, -0.05) is 35.9 Å². The maximum atomic E-state index is 11.2. The van der Waals surface area contributed by atoms with Crippen molar-refractivity contribution in [3.8, 4) is 5.75 Å². The lowest BCUT2D eigenvalue weighted by Gasteiger charge is -2.24. The van der Waals surface area contributed by atoms with Gasteiger partial charge in [0.1, 0.15) is 5.75 Å². The molecule has 0 fully saturated rings. The van der Waals surface area contributed by atoms with Crippen LogP contribution in [0, 0.1) is 10.1 Å². The zero-order valence-corrected chi connectivity index (χ0v) is 15.5. The van der Waals surface area contributed by atoms with Crippen molar-refractivity contribution in [3.63, 3.8) is 0 Å². The van der Waals surface area contributed by atoms with E-state index in [0.717, 1.165) is 11.3 Å². The summed E-state index contributed by atoms with van der Waals surface area (Å²) in [5.74, 6) is 0.150. The van der Waals surface area contributed by atoms with Gasteiger partial charge in [-0.05, 0) is 42.0 Å². The minimum absolute atomic E-state index is 0.0320. The summed E-state index contributed by atoms with van der Waals surface area (Å²) < 4.78 is 0. The third kappa shape index (κ3) is 3.42. The fourth-order valence-corrected chi connectivity index (χ4v) is 3.45. The molecule has 1 N–H and O–H groups in total. The van der Waals surface area contributed by atoms with Crippen LogP contribution in [0.4, 0.5) is 11.4 Å². The highest BCUT2D eigenvalue weighted by molar-refractivity contribution is 6.30. The first kappa shape index (κ1) is 18.0. The second-order valence-corrected chi connectivity index (χ2v) is 6.89. The zero-order chi connectivity index (χ0) is 19.7. The lowest BCUT2D eigenvalue weighted by molar-refractivity contribution is -0.384. The van der Waals surface area contributed by atoms with Crippen LogP contribution >= 0.6 is 11.6 Å². The Hall–Kier alpha value is -3.38. The van der Waals surface area contributed by atoms with Gasteiger partial charge in [0.25, 0.3) is 5.69 Å². The number of phenolic OH excluding ortho intramolecular Hbond substituents is 1. The van der Waals surface area contributed by atoms with Crippen molar-refractivity contribution < 1.29 is 10.0 Å². The summed E-state index contributed by atoms with van der Waals surface area (Å²) in [6.45, 7) is 0. The number of nitrogens with zero attached hydrogens (tertiary/aromatic N) is 3. The maximum Gasteiger partial charge on any atom is 0.269 e. The molecule has 0 aliphatic carbocycles. The van der Waals surface area contributed by atoms with Crippen molar-refractivity contribution in [1.82, 2.24) is 0 Å². The highest BCUT2D eigenvalue weighted by Gasteiger charge is 2.31. The maximum absolute atomic E-state index is 11.2. The van der Waals surface area contributed by atoms with Gasteiger partial charge in [-0.25, -0.2) is 0 Å². The van der Waals surface area contributed by atoms with Crippen molar-refractivity contribution in [3.05, 3.63) is 99.1 Å². The number of benzene rings is 3. The highest BCUT2D eigenvalue weighted by atomic mass is 35.5. The van der Waals surface area contributed by atoms with E-state index in [4.69, 9.17) is 16.7 Å². The average Bonchev–Trinajstić information content (AvgIpc) is 3.14. The fourth-order valence-electron chi connectivity index (χ4n) is 3.33. The molecule has 0 aromatic heterocycles. The first-order valence-electron chi connectivity index (χ1n) is 8.68. The smallest absolute Gasteiger partial charge is 0.269 e. The fraction of sp³-hybridized carbons (Fsp3) is 0.0952. The molecule has 7 heteroatoms. The quantitative estimate of drug-likeness (QED) is 0.481. The Morgan fingerprint density at radius 1 is 1.07 bits per heavy atom. The third-order valence-corrected chi connectivity index (χ3v) is 4.93. The molecule has 0 saturated carbocycles. The molecule has 3 aromatic carbocycles. The predicted octanol–water partition coefficient (Wildman–Crippen LogP) is 5.31. The number of anilines is 1. The van der Waals surface area contributed by atoms with Crippen LogP contribution in [0.1, 0.15) is 23.6 Å². The van der Waals surface area contributed by atoms with E-state index < -0.39 is 4.92 Å². The van der Waals surface area contributed by atoms with Gasteiger partial charge in [-0.3, -0.25) is 15.1 Å². The number of nitro benzene ring substituents is 1. The first-order chi connectivity index (χ1) is 13.5. The van der Waals surface area contributed by atoms with Crippen molar-refractivity contribution in [2.24, 2.45) is 5.10 Å². The van der Waals surface area contributed by atoms with Crippen molar-refractivity contribution >= 4 is 28.7 Å². The molecule has 28 heavy (non-hydrogen) atoms. The monoisotopic (exact) mass is 393 g/mol. The van der Waals surface area contributed by atoms with E-state index in [1.165, 1.54) is 6.07 Å². The van der Waals surface area contributed by atoms with Crippen LogP contribution in [0.15, 0.2) is 77.9 Å². The first-order valence-corrected chi connectivity index (χ1v) is 9.06. The lowest BCUT2D eigenvalue weighted by atomic mass is 9.97. The molecule has 3 aromatic rings. The van der Waals surface area contributed by atoms with Crippen LogP contribution in [0.5, 0.6) is 5.75 Å². The summed E-state index contributed by atoms with van der Waals surface area (Å²) in [6.07, 6.45) is 0.501. The molecular formula is C21H16ClN3O3. The minimum atomic E-state index is -0.407. The predicted molar refractivity (Wildman–Crippen MR) is 109 cm³/mol. The highest BCUT2D eigenvalue weighted by Crippen LogP contribution is 2.39. The minimum Gasteiger partial charge on any atom is -0.507 e. The molecule has 1 atom stereocenters. The van der Waals surface area contributed by atoms with Gasteiger partial charge in [-0.15, -0.1) is 0 Å². The van der Waals surface area contributed by atoms with Crippen LogP contribution < -0.4 is 5.01 Å². The van der Waals surface area contributed by atoms with Crippen molar-refractivity contribution in [1.29, 1.82) is 0 Å². The van der Waals surface area contributed by atoms with Gasteiger partial charge in [-0.2, -0.15) is 5.10 Å². The normalized spacial score (nSPS) is 16.1. The van der Waals surface area contributed by atoms with Crippen molar-refractivity contribution in [2.45, 2.75) is 12.5 Å². The summed E-state index contributed by atoms with van der Waals surface area (Å²) in [5.41, 5.74) is 2.98. The average molecular weight is 394 g/mol. The molecular weight excluding hydrogens is 378 g/mol. The Labute approximate surface area is 166 Å². The lowest BCUT2D eigenvalue weighted by Crippen LogP contribution is -2.18. The van der Waals surface area contributed by atoms with E-state index in [9.17, 15) is 15.2 Å². The number of halogens is 1. The molecule has 1 aliphatic heterocycles. The van der Waals surface area contributed by atoms with Crippen LogP contribution in [0.3, 0.4) is 0 Å². The van der Waals surface area contributed by atoms with Gasteiger partial charge in [0.15, 0.2) is 0 Å². The van der Waals surface area contributed by atoms with Crippen LogP contribution in [0.25, 0.3) is 0 Å². The number of rotatable bonds is 4. The summed E-state index contributed by atoms with van der Waals surface area (Å²) >= 11 is 6.01. The van der Waals surface area contributed by atoms with Crippen LogP contribution in [-0.2, 0) is 0 Å². The van der Waals surface area contributed by atoms with Gasteiger partial charge < -0.3 is 5.11 Å². The molecule has 0 saturated heterocycles. The van der Waals surface area contributed by atoms with Gasteiger partial charge in [0.05, 0.1) is 22.4 Å². The standard InChI is InChI=1S/C21H16ClN3O3/c22-15-8-10-16(11-9-15)24-20(14-4-3-5-17(12-14)25(27)28)13-19(23-24)18-6-1-2-7-21(18)26/h1-12,20,26H,13H2. The van der Waals surface area contributed by atoms with Crippen LogP contribution in [0.2, 0.25) is 5.02 Å². The molecule has 4 rings (SSSR count). The topological polar surface area (TPSA) is 79.0 Å². The molecule has 6 nitrogen and oxygen atoms in total. The Kier molecular flexibility index (Phi) is 4.71. The zero-order valence-electron chi connectivity index (χ0n) is 14.7. The molecule has 1 heterocycles. The molecule has 0 radical (unpaired) electrons. The van der Waals surface area contributed by atoms with Crippen LogP contribution in [-0.4, -0.2) is 15.7 Å². The summed E-state index contributed by atoms with van der Waals surface area (Å²) in [7, 11) is 0. The van der Waals surface area contributed by atoms with E-state index in [0.29, 0.717) is 22.7 Å². The molecule has 0 bridgehead atoms. The second-order valence-electron chi connectivity index (χ2n) is 6.46. The number of hydrogen-bond acceptors (Lipinski definition) is 5. The molecule has 0 amide bonds. The largest absolute Gasteiger partial charge is 0.507 e. The summed E-state index contributed by atoms with van der Waals surface area (Å²) in [6, 6.07) is 20.6. The molecule has 140 valence electrons. The van der Waals surface area contributed by atoms with E-state index in [1.807, 2.05) is 35.3 Å². The number of hydrazone groups is 1. The van der Waals surface area contributed by atoms with Gasteiger partial charge in [0.2, 0.25) is 0 Å². The third-order valence-electron chi connectivity index (χ3n) is 4.68. The van der Waals surface area contributed by atoms with E-state index in [-0.39, 0.29) is 17.5 Å². The Morgan fingerprint density at radius 3 is 2.54 bits per heavy atom. The number of aromatic hydroxyl groups is 1. The summed E-state index contributed by atoms with van der Waals surface area (Å²) in [5, 5.41) is 28.6. The molecule has 1 unspecified atom stereocenters. The van der Waals surface area contributed by atoms with Gasteiger partial charge in [0, 0.05) is 29.1 Å². The van der Waals surface area contributed by atoms with E-state index in [2.05, 4.69) is 0 Å². The second kappa shape index (κ2) is 7.32. The number of nitro groups is 1. The Bertz CT molecular complexity index is 1070. The SMILES string of the molecule is O=[N+]([O-])c1cccc(C2CC(c3ccccc3O)=NN2c2ccc(Cl)cc2)c1. The number of para-hydroxylation sites is 1. The van der Waals surface area contributed by atoms with Crippen molar-refractivity contribution in [2.75, 3.05) is 5.01 Å². The number of hydrogen-bond donors (Lipinski definition) is 1. The molecule has 0 spiro atoms. The summed E-state index contributed by atoms with van der Waals surface area (Å²) in [4.78, 5) is 10.8. The Morgan fingerprint density at radius 2 is 1.82 bits per heavy atom. The van der Waals surface area contributed by atoms with E-state index >= 15 is 0 Å².